The van der Waals surface area contributed by atoms with Crippen LogP contribution in [0.2, 0.25) is 0 Å². The van der Waals surface area contributed by atoms with E-state index in [-0.39, 0.29) is 57.2 Å². The van der Waals surface area contributed by atoms with Crippen LogP contribution in [0.1, 0.15) is 68.9 Å². The number of unbranched alkanes of at least 4 members (excludes halogenated alkanes) is 2. The average molecular weight is 789 g/mol. The molecule has 6 atom stereocenters. The second kappa shape index (κ2) is 19.1. The number of likely N-dealkylation sites (N-methyl/N-ethyl adjacent to an activating group) is 1. The Morgan fingerprint density at radius 1 is 0.931 bits per heavy atom. The van der Waals surface area contributed by atoms with Gasteiger partial charge in [-0.3, -0.25) is 0 Å². The second-order valence-electron chi connectivity index (χ2n) is 15.5. The van der Waals surface area contributed by atoms with Gasteiger partial charge in [0.2, 0.25) is 5.79 Å². The first-order chi connectivity index (χ1) is 28.4. The summed E-state index contributed by atoms with van der Waals surface area (Å²) < 4.78 is 26.4. The number of hydrogen-bond acceptors (Lipinski definition) is 9. The summed E-state index contributed by atoms with van der Waals surface area (Å²) in [5, 5.41) is 26.9. The van der Waals surface area contributed by atoms with Crippen molar-refractivity contribution in [3.05, 3.63) is 126 Å². The van der Waals surface area contributed by atoms with Crippen LogP contribution >= 0.6 is 0 Å². The average Bonchev–Trinajstić information content (AvgIpc) is 3.24. The van der Waals surface area contributed by atoms with Crippen LogP contribution in [-0.2, 0) is 20.9 Å². The Hall–Kier alpha value is -5.16. The lowest BCUT2D eigenvalue weighted by Gasteiger charge is -2.59. The third-order valence-electron chi connectivity index (χ3n) is 11.9. The lowest BCUT2D eigenvalue weighted by atomic mass is 9.55. The molecule has 0 unspecified atom stereocenters. The molecular weight excluding hydrogens is 733 g/mol. The van der Waals surface area contributed by atoms with Gasteiger partial charge in [-0.2, -0.15) is 0 Å². The van der Waals surface area contributed by atoms with Gasteiger partial charge in [0.15, 0.2) is 0 Å². The predicted molar refractivity (Wildman–Crippen MR) is 225 cm³/mol. The minimum Gasteiger partial charge on any atom is -0.459 e. The Labute approximate surface area is 341 Å². The number of carbonyl (C=O) groups excluding carboxylic acids is 1. The van der Waals surface area contributed by atoms with Gasteiger partial charge >= 0.3 is 6.09 Å². The highest BCUT2D eigenvalue weighted by molar-refractivity contribution is 6.03. The molecule has 1 saturated carbocycles. The number of rotatable bonds is 18. The highest BCUT2D eigenvalue weighted by Gasteiger charge is 2.65. The van der Waals surface area contributed by atoms with Gasteiger partial charge in [0.25, 0.3) is 0 Å². The molecule has 1 heterocycles. The molecule has 1 fully saturated rings. The van der Waals surface area contributed by atoms with Crippen molar-refractivity contribution in [2.75, 3.05) is 33.5 Å². The first-order valence-corrected chi connectivity index (χ1v) is 20.7. The van der Waals surface area contributed by atoms with E-state index in [0.29, 0.717) is 24.3 Å². The predicted octanol–water partition coefficient (Wildman–Crippen LogP) is 9.55. The molecule has 3 aliphatic rings. The number of aliphatic hydroxyl groups excluding tert-OH is 2. The molecule has 0 saturated heterocycles. The van der Waals surface area contributed by atoms with Gasteiger partial charge in [0, 0.05) is 38.2 Å². The maximum absolute atomic E-state index is 13.7. The van der Waals surface area contributed by atoms with E-state index >= 15 is 0 Å². The first kappa shape index (κ1) is 41.0. The zero-order valence-electron chi connectivity index (χ0n) is 33.6. The summed E-state index contributed by atoms with van der Waals surface area (Å²) in [6, 6.07) is 29.5. The first-order valence-electron chi connectivity index (χ1n) is 20.7. The van der Waals surface area contributed by atoms with Crippen LogP contribution < -0.4 is 9.47 Å². The summed E-state index contributed by atoms with van der Waals surface area (Å²) in [7, 11) is 1.73. The van der Waals surface area contributed by atoms with Gasteiger partial charge in [-0.25, -0.2) is 4.79 Å². The monoisotopic (exact) mass is 788 g/mol. The van der Waals surface area contributed by atoms with Crippen molar-refractivity contribution in [1.82, 2.24) is 4.90 Å². The van der Waals surface area contributed by atoms with Crippen LogP contribution in [0.15, 0.2) is 120 Å². The molecule has 0 spiro atoms. The molecule has 306 valence electrons. The Balaban J connectivity index is 1.40. The maximum atomic E-state index is 13.7. The van der Waals surface area contributed by atoms with Crippen LogP contribution in [0.5, 0.6) is 17.2 Å². The van der Waals surface area contributed by atoms with E-state index in [1.54, 1.807) is 24.9 Å². The van der Waals surface area contributed by atoms with E-state index in [1.165, 1.54) is 0 Å². The van der Waals surface area contributed by atoms with E-state index in [1.807, 2.05) is 66.7 Å². The minimum absolute atomic E-state index is 0.0856. The SMILES string of the molecule is C=CCO[C@@]12Oc3ccc(Oc4ccc5ccccc5c4)cc3[C@H]3[C@H](CCCCO)[C@@H](CCCCO)C=C(C(=NOCc4ccccc4)C[C@@H]1N(C)C(=O)OCC)[C@H]32. The van der Waals surface area contributed by atoms with Gasteiger partial charge in [-0.05, 0) is 96.7 Å². The summed E-state index contributed by atoms with van der Waals surface area (Å²) >= 11 is 0. The van der Waals surface area contributed by atoms with Crippen molar-refractivity contribution in [2.24, 2.45) is 22.9 Å². The van der Waals surface area contributed by atoms with Crippen LogP contribution in [0.25, 0.3) is 10.8 Å². The lowest BCUT2D eigenvalue weighted by molar-refractivity contribution is -0.253. The summed E-state index contributed by atoms with van der Waals surface area (Å²) in [6.07, 6.45) is 8.56. The molecule has 10 heteroatoms. The molecule has 4 aromatic rings. The molecular formula is C48H56N2O8. The maximum Gasteiger partial charge on any atom is 0.409 e. The Kier molecular flexibility index (Phi) is 13.5. The Bertz CT molecular complexity index is 2080. The number of nitrogens with zero attached hydrogens (tertiary/aromatic N) is 2. The topological polar surface area (TPSA) is 119 Å². The molecule has 0 aromatic heterocycles. The summed E-state index contributed by atoms with van der Waals surface area (Å²) in [4.78, 5) is 21.4. The fourth-order valence-corrected chi connectivity index (χ4v) is 9.27. The highest BCUT2D eigenvalue weighted by atomic mass is 16.7. The van der Waals surface area contributed by atoms with Gasteiger partial charge in [0.05, 0.1) is 24.8 Å². The summed E-state index contributed by atoms with van der Waals surface area (Å²) in [5.41, 5.74) is 3.66. The van der Waals surface area contributed by atoms with Gasteiger partial charge in [-0.1, -0.05) is 90.8 Å². The van der Waals surface area contributed by atoms with E-state index in [4.69, 9.17) is 28.9 Å². The van der Waals surface area contributed by atoms with Crippen LogP contribution in [0.3, 0.4) is 0 Å². The normalized spacial score (nSPS) is 23.9. The summed E-state index contributed by atoms with van der Waals surface area (Å²) in [5.74, 6) is 0.281. The zero-order valence-corrected chi connectivity index (χ0v) is 33.6. The van der Waals surface area contributed by atoms with Gasteiger partial charge in [-0.15, -0.1) is 6.58 Å². The number of allylic oxidation sites excluding steroid dienone is 1. The molecule has 7 rings (SSSR count). The molecule has 1 aliphatic heterocycles. The molecule has 2 N–H and O–H groups in total. The van der Waals surface area contributed by atoms with E-state index < -0.39 is 23.8 Å². The van der Waals surface area contributed by atoms with Crippen molar-refractivity contribution in [1.29, 1.82) is 0 Å². The fraction of sp³-hybridized carbons (Fsp3) is 0.417. The van der Waals surface area contributed by atoms with Crippen molar-refractivity contribution in [2.45, 2.75) is 76.2 Å². The van der Waals surface area contributed by atoms with Crippen LogP contribution in [0, 0.1) is 17.8 Å². The fourth-order valence-electron chi connectivity index (χ4n) is 9.27. The molecule has 0 bridgehead atoms. The molecule has 1 amide bonds. The number of benzene rings is 4. The Morgan fingerprint density at radius 2 is 1.66 bits per heavy atom. The van der Waals surface area contributed by atoms with Crippen molar-refractivity contribution in [3.63, 3.8) is 0 Å². The number of carbonyl (C=O) groups is 1. The molecule has 58 heavy (non-hydrogen) atoms. The number of amides is 1. The van der Waals surface area contributed by atoms with E-state index in [2.05, 4.69) is 36.9 Å². The number of aliphatic hydroxyl groups is 2. The number of hydrogen-bond donors (Lipinski definition) is 2. The van der Waals surface area contributed by atoms with Crippen molar-refractivity contribution < 1.29 is 38.8 Å². The molecule has 2 aliphatic carbocycles. The number of fused-ring (bicyclic) bond motifs is 3. The molecule has 10 nitrogen and oxygen atoms in total. The van der Waals surface area contributed by atoms with Crippen LogP contribution in [-0.4, -0.2) is 72.2 Å². The van der Waals surface area contributed by atoms with E-state index in [0.717, 1.165) is 64.6 Å². The second-order valence-corrected chi connectivity index (χ2v) is 15.5. The van der Waals surface area contributed by atoms with Gasteiger partial charge < -0.3 is 38.9 Å². The standard InChI is InChI=1S/C48H56N2O8/c1-4-27-55-48-44(50(3)47(53)54-5-2)31-42(49-56-32-33-15-7-6-8-16-33)40-29-36(19-11-13-25-51)39(20-12-14-26-52)45(46(40)48)41-30-38(23-24-43(41)58-48)57-37-22-21-34-17-9-10-18-35(34)28-37/h4,6-10,15-18,21-24,28-30,36,39,44-46,51-52H,1,5,11-14,19-20,25-27,31-32H2,2-3H3/t36-,39+,44-,45+,46+,48+/m0/s1. The third-order valence-corrected chi connectivity index (χ3v) is 11.9. The number of oxime groups is 1. The zero-order chi connectivity index (χ0) is 40.5. The van der Waals surface area contributed by atoms with E-state index in [9.17, 15) is 15.0 Å². The largest absolute Gasteiger partial charge is 0.459 e. The van der Waals surface area contributed by atoms with Crippen molar-refractivity contribution in [3.8, 4) is 17.2 Å². The quantitative estimate of drug-likeness (QED) is 0.0582. The molecule has 4 aromatic carbocycles. The van der Waals surface area contributed by atoms with Gasteiger partial charge in [0.1, 0.15) is 29.9 Å². The third kappa shape index (κ3) is 8.65. The molecule has 0 radical (unpaired) electrons. The number of ether oxygens (including phenoxy) is 4. The van der Waals surface area contributed by atoms with Crippen LogP contribution in [0.4, 0.5) is 4.79 Å². The lowest BCUT2D eigenvalue weighted by Crippen LogP contribution is -2.69. The highest BCUT2D eigenvalue weighted by Crippen LogP contribution is 2.62. The minimum atomic E-state index is -1.36. The van der Waals surface area contributed by atoms with Crippen molar-refractivity contribution >= 4 is 22.6 Å². The summed E-state index contributed by atoms with van der Waals surface area (Å²) in [6.45, 7) is 6.68. The smallest absolute Gasteiger partial charge is 0.409 e. The Morgan fingerprint density at radius 3 is 2.41 bits per heavy atom.